The Morgan fingerprint density at radius 1 is 1.23 bits per heavy atom. The summed E-state index contributed by atoms with van der Waals surface area (Å²) in [6.07, 6.45) is 3.93. The molecule has 0 saturated carbocycles. The second-order valence-corrected chi connectivity index (χ2v) is 8.97. The van der Waals surface area contributed by atoms with Gasteiger partial charge in [0.15, 0.2) is 5.96 Å². The quantitative estimate of drug-likeness (QED) is 0.213. The Hall–Kier alpha value is -0.810. The summed E-state index contributed by atoms with van der Waals surface area (Å²) in [5, 5.41) is 6.72. The van der Waals surface area contributed by atoms with Gasteiger partial charge in [-0.15, -0.1) is 24.0 Å². The lowest BCUT2D eigenvalue weighted by molar-refractivity contribution is 0.0168. The van der Waals surface area contributed by atoms with Crippen molar-refractivity contribution in [1.29, 1.82) is 0 Å². The molecule has 2 heterocycles. The Morgan fingerprint density at radius 3 is 2.70 bits per heavy atom. The SMILES string of the molecule is CN=C(NCCCOCC1CCOC1)NCC1CCCN(C(=O)OC(C)(C)C)C1.I. The molecule has 0 aliphatic carbocycles. The number of rotatable bonds is 8. The molecular formula is C21H41IN4O4. The van der Waals surface area contributed by atoms with Gasteiger partial charge in [-0.3, -0.25) is 4.99 Å². The average Bonchev–Trinajstić information content (AvgIpc) is 3.19. The molecule has 2 aliphatic rings. The van der Waals surface area contributed by atoms with Crippen molar-refractivity contribution < 1.29 is 19.0 Å². The molecule has 2 unspecified atom stereocenters. The molecule has 0 bridgehead atoms. The molecular weight excluding hydrogens is 499 g/mol. The summed E-state index contributed by atoms with van der Waals surface area (Å²) in [7, 11) is 1.78. The first-order valence-corrected chi connectivity index (χ1v) is 11.0. The van der Waals surface area contributed by atoms with Crippen molar-refractivity contribution in [2.24, 2.45) is 16.8 Å². The summed E-state index contributed by atoms with van der Waals surface area (Å²) in [5.74, 6) is 1.75. The van der Waals surface area contributed by atoms with E-state index in [1.807, 2.05) is 25.7 Å². The third-order valence-electron chi connectivity index (χ3n) is 5.09. The van der Waals surface area contributed by atoms with Crippen LogP contribution in [0.3, 0.4) is 0 Å². The molecule has 8 nitrogen and oxygen atoms in total. The summed E-state index contributed by atoms with van der Waals surface area (Å²) < 4.78 is 16.6. The molecule has 0 spiro atoms. The minimum atomic E-state index is -0.456. The summed E-state index contributed by atoms with van der Waals surface area (Å²) in [4.78, 5) is 18.4. The third-order valence-corrected chi connectivity index (χ3v) is 5.09. The number of halogens is 1. The van der Waals surface area contributed by atoms with Crippen LogP contribution in [0.25, 0.3) is 0 Å². The van der Waals surface area contributed by atoms with Crippen LogP contribution in [0.4, 0.5) is 4.79 Å². The second kappa shape index (κ2) is 14.3. The number of hydrogen-bond acceptors (Lipinski definition) is 5. The molecule has 2 fully saturated rings. The number of amides is 1. The van der Waals surface area contributed by atoms with Gasteiger partial charge in [0.25, 0.3) is 0 Å². The van der Waals surface area contributed by atoms with Crippen molar-refractivity contribution in [2.75, 3.05) is 59.7 Å². The smallest absolute Gasteiger partial charge is 0.410 e. The monoisotopic (exact) mass is 540 g/mol. The number of ether oxygens (including phenoxy) is 3. The van der Waals surface area contributed by atoms with E-state index in [0.717, 1.165) is 84.2 Å². The van der Waals surface area contributed by atoms with Gasteiger partial charge in [0.05, 0.1) is 13.2 Å². The summed E-state index contributed by atoms with van der Waals surface area (Å²) >= 11 is 0. The number of hydrogen-bond donors (Lipinski definition) is 2. The van der Waals surface area contributed by atoms with Crippen LogP contribution >= 0.6 is 24.0 Å². The molecule has 0 aromatic heterocycles. The second-order valence-electron chi connectivity index (χ2n) is 8.97. The summed E-state index contributed by atoms with van der Waals surface area (Å²) in [6, 6.07) is 0. The lowest BCUT2D eigenvalue weighted by atomic mass is 9.98. The molecule has 1 amide bonds. The molecule has 2 saturated heterocycles. The normalized spacial score (nSPS) is 22.4. The number of nitrogens with zero attached hydrogens (tertiary/aromatic N) is 2. The number of nitrogens with one attached hydrogen (secondary N) is 2. The van der Waals surface area contributed by atoms with Crippen LogP contribution in [-0.2, 0) is 14.2 Å². The first-order valence-electron chi connectivity index (χ1n) is 11.0. The minimum Gasteiger partial charge on any atom is -0.444 e. The summed E-state index contributed by atoms with van der Waals surface area (Å²) in [5.41, 5.74) is -0.456. The van der Waals surface area contributed by atoms with Gasteiger partial charge in [-0.05, 0) is 52.4 Å². The van der Waals surface area contributed by atoms with E-state index >= 15 is 0 Å². The molecule has 9 heteroatoms. The van der Waals surface area contributed by atoms with Crippen LogP contribution in [0.1, 0.15) is 46.5 Å². The van der Waals surface area contributed by atoms with E-state index in [1.165, 1.54) is 0 Å². The Morgan fingerprint density at radius 2 is 2.03 bits per heavy atom. The van der Waals surface area contributed by atoms with Gasteiger partial charge in [-0.1, -0.05) is 0 Å². The van der Waals surface area contributed by atoms with Gasteiger partial charge in [-0.25, -0.2) is 4.79 Å². The zero-order valence-corrected chi connectivity index (χ0v) is 21.4. The maximum atomic E-state index is 12.3. The van der Waals surface area contributed by atoms with Gasteiger partial charge >= 0.3 is 6.09 Å². The molecule has 176 valence electrons. The number of guanidine groups is 1. The van der Waals surface area contributed by atoms with E-state index in [0.29, 0.717) is 11.8 Å². The Bertz CT molecular complexity index is 522. The number of piperidine rings is 1. The fourth-order valence-electron chi connectivity index (χ4n) is 3.53. The molecule has 0 aromatic carbocycles. The average molecular weight is 540 g/mol. The molecule has 0 aromatic rings. The Labute approximate surface area is 198 Å². The highest BCUT2D eigenvalue weighted by molar-refractivity contribution is 14.0. The molecule has 30 heavy (non-hydrogen) atoms. The lowest BCUT2D eigenvalue weighted by Crippen LogP contribution is -2.47. The fraction of sp³-hybridized carbons (Fsp3) is 0.905. The third kappa shape index (κ3) is 11.0. The van der Waals surface area contributed by atoms with Crippen molar-refractivity contribution >= 4 is 36.0 Å². The van der Waals surface area contributed by atoms with E-state index < -0.39 is 5.60 Å². The van der Waals surface area contributed by atoms with Crippen LogP contribution in [0.5, 0.6) is 0 Å². The van der Waals surface area contributed by atoms with Crippen molar-refractivity contribution in [2.45, 2.75) is 52.1 Å². The van der Waals surface area contributed by atoms with Crippen molar-refractivity contribution in [3.63, 3.8) is 0 Å². The number of carbonyl (C=O) groups is 1. The van der Waals surface area contributed by atoms with E-state index in [4.69, 9.17) is 14.2 Å². The first kappa shape index (κ1) is 27.2. The predicted molar refractivity (Wildman–Crippen MR) is 130 cm³/mol. The van der Waals surface area contributed by atoms with Gasteiger partial charge in [0.1, 0.15) is 5.60 Å². The first-order chi connectivity index (χ1) is 13.9. The highest BCUT2D eigenvalue weighted by atomic mass is 127. The molecule has 2 N–H and O–H groups in total. The predicted octanol–water partition coefficient (Wildman–Crippen LogP) is 2.86. The maximum absolute atomic E-state index is 12.3. The van der Waals surface area contributed by atoms with Crippen LogP contribution < -0.4 is 10.6 Å². The molecule has 2 atom stereocenters. The van der Waals surface area contributed by atoms with Gasteiger partial charge < -0.3 is 29.7 Å². The van der Waals surface area contributed by atoms with Gasteiger partial charge in [0, 0.05) is 52.4 Å². The topological polar surface area (TPSA) is 84.4 Å². The van der Waals surface area contributed by atoms with Gasteiger partial charge in [-0.2, -0.15) is 0 Å². The Kier molecular flexibility index (Phi) is 13.0. The molecule has 2 rings (SSSR count). The lowest BCUT2D eigenvalue weighted by Gasteiger charge is -2.34. The van der Waals surface area contributed by atoms with Crippen LogP contribution in [0.2, 0.25) is 0 Å². The highest BCUT2D eigenvalue weighted by Crippen LogP contribution is 2.19. The van der Waals surface area contributed by atoms with Crippen molar-refractivity contribution in [3.8, 4) is 0 Å². The largest absolute Gasteiger partial charge is 0.444 e. The van der Waals surface area contributed by atoms with E-state index in [2.05, 4.69) is 15.6 Å². The van der Waals surface area contributed by atoms with Crippen molar-refractivity contribution in [1.82, 2.24) is 15.5 Å². The standard InChI is InChI=1S/C21H40N4O4.HI/c1-21(2,3)29-20(26)25-10-5-7-17(14-25)13-24-19(22-4)23-9-6-11-27-15-18-8-12-28-16-18;/h17-18H,5-16H2,1-4H3,(H2,22,23,24);1H. The van der Waals surface area contributed by atoms with Crippen molar-refractivity contribution in [3.05, 3.63) is 0 Å². The molecule has 2 aliphatic heterocycles. The molecule has 0 radical (unpaired) electrons. The zero-order valence-electron chi connectivity index (χ0n) is 19.1. The number of carbonyl (C=O) groups excluding carboxylic acids is 1. The van der Waals surface area contributed by atoms with E-state index in [9.17, 15) is 4.79 Å². The summed E-state index contributed by atoms with van der Waals surface area (Å²) in [6.45, 7) is 12.0. The van der Waals surface area contributed by atoms with Crippen LogP contribution in [0.15, 0.2) is 4.99 Å². The van der Waals surface area contributed by atoms with E-state index in [1.54, 1.807) is 7.05 Å². The zero-order chi connectivity index (χ0) is 21.1. The maximum Gasteiger partial charge on any atom is 0.410 e. The Balaban J connectivity index is 0.00000450. The van der Waals surface area contributed by atoms with Crippen LogP contribution in [0, 0.1) is 11.8 Å². The van der Waals surface area contributed by atoms with Crippen LogP contribution in [-0.4, -0.2) is 82.2 Å². The number of likely N-dealkylation sites (tertiary alicyclic amines) is 1. The van der Waals surface area contributed by atoms with Gasteiger partial charge in [0.2, 0.25) is 0 Å². The number of aliphatic imine (C=N–C) groups is 1. The fourth-order valence-corrected chi connectivity index (χ4v) is 3.53. The van der Waals surface area contributed by atoms with E-state index in [-0.39, 0.29) is 30.1 Å². The highest BCUT2D eigenvalue weighted by Gasteiger charge is 2.27. The minimum absolute atomic E-state index is 0.